The molecule has 162 valence electrons. The van der Waals surface area contributed by atoms with Gasteiger partial charge in [-0.2, -0.15) is 0 Å². The summed E-state index contributed by atoms with van der Waals surface area (Å²) >= 11 is 0. The van der Waals surface area contributed by atoms with E-state index in [2.05, 4.69) is 10.9 Å². The van der Waals surface area contributed by atoms with E-state index >= 15 is 0 Å². The SMILES string of the molecule is C#CCn1c(=O)c2c(nc(-c3ccc(OC)c(OC)c3)n2C)n(CCC(=O)CC)c1=O. The number of imidazole rings is 1. The first-order valence-corrected chi connectivity index (χ1v) is 9.75. The van der Waals surface area contributed by atoms with Gasteiger partial charge in [0.15, 0.2) is 22.7 Å². The number of Topliss-reactive ketones (excluding diaryl/α,β-unsaturated/α-hetero) is 1. The highest BCUT2D eigenvalue weighted by atomic mass is 16.5. The molecule has 2 heterocycles. The Kier molecular flexibility index (Phi) is 6.30. The highest BCUT2D eigenvalue weighted by Gasteiger charge is 2.21. The lowest BCUT2D eigenvalue weighted by Gasteiger charge is -2.10. The molecule has 0 spiro atoms. The lowest BCUT2D eigenvalue weighted by molar-refractivity contribution is -0.118. The van der Waals surface area contributed by atoms with Crippen LogP contribution in [0.4, 0.5) is 0 Å². The van der Waals surface area contributed by atoms with Crippen LogP contribution in [0.2, 0.25) is 0 Å². The van der Waals surface area contributed by atoms with Crippen LogP contribution < -0.4 is 20.7 Å². The summed E-state index contributed by atoms with van der Waals surface area (Å²) in [5.74, 6) is 3.86. The van der Waals surface area contributed by atoms with Gasteiger partial charge >= 0.3 is 5.69 Å². The maximum atomic E-state index is 13.1. The van der Waals surface area contributed by atoms with Crippen molar-refractivity contribution in [2.24, 2.45) is 7.05 Å². The van der Waals surface area contributed by atoms with Crippen LogP contribution in [0.5, 0.6) is 11.5 Å². The van der Waals surface area contributed by atoms with Crippen molar-refractivity contribution in [2.45, 2.75) is 32.9 Å². The van der Waals surface area contributed by atoms with E-state index in [1.807, 2.05) is 0 Å². The van der Waals surface area contributed by atoms with Crippen molar-refractivity contribution in [3.05, 3.63) is 39.0 Å². The van der Waals surface area contributed by atoms with Gasteiger partial charge in [-0.3, -0.25) is 14.2 Å². The standard InChI is InChI=1S/C22H24N4O5/c1-6-11-26-21(28)18-20(25(22(26)29)12-10-15(27)7-2)23-19(24(18)3)14-8-9-16(30-4)17(13-14)31-5/h1,8-9,13H,7,10-12H2,2-5H3. The molecule has 3 aromatic rings. The summed E-state index contributed by atoms with van der Waals surface area (Å²) in [6.45, 7) is 1.69. The highest BCUT2D eigenvalue weighted by Crippen LogP contribution is 2.32. The molecule has 0 unspecified atom stereocenters. The number of hydrogen-bond acceptors (Lipinski definition) is 6. The molecule has 2 aromatic heterocycles. The fourth-order valence-electron chi connectivity index (χ4n) is 3.44. The number of carbonyl (C=O) groups is 1. The number of fused-ring (bicyclic) bond motifs is 1. The maximum Gasteiger partial charge on any atom is 0.333 e. The maximum absolute atomic E-state index is 13.1. The molecule has 0 aliphatic rings. The van der Waals surface area contributed by atoms with Gasteiger partial charge in [0.1, 0.15) is 11.6 Å². The van der Waals surface area contributed by atoms with Gasteiger partial charge in [-0.1, -0.05) is 12.8 Å². The average Bonchev–Trinajstić information content (AvgIpc) is 3.12. The van der Waals surface area contributed by atoms with E-state index in [1.165, 1.54) is 18.8 Å². The minimum atomic E-state index is -0.587. The van der Waals surface area contributed by atoms with Crippen LogP contribution >= 0.6 is 0 Å². The number of hydrogen-bond donors (Lipinski definition) is 0. The smallest absolute Gasteiger partial charge is 0.333 e. The second-order valence-electron chi connectivity index (χ2n) is 6.91. The Morgan fingerprint density at radius 3 is 2.48 bits per heavy atom. The van der Waals surface area contributed by atoms with E-state index in [9.17, 15) is 14.4 Å². The molecule has 0 N–H and O–H groups in total. The van der Waals surface area contributed by atoms with E-state index in [1.54, 1.807) is 36.7 Å². The normalized spacial score (nSPS) is 10.8. The molecule has 0 fully saturated rings. The molecule has 31 heavy (non-hydrogen) atoms. The summed E-state index contributed by atoms with van der Waals surface area (Å²) in [4.78, 5) is 42.5. The molecule has 0 saturated carbocycles. The third-order valence-electron chi connectivity index (χ3n) is 5.14. The second kappa shape index (κ2) is 8.92. The van der Waals surface area contributed by atoms with Crippen molar-refractivity contribution in [2.75, 3.05) is 14.2 Å². The van der Waals surface area contributed by atoms with Crippen molar-refractivity contribution in [3.63, 3.8) is 0 Å². The van der Waals surface area contributed by atoms with Crippen molar-refractivity contribution in [1.29, 1.82) is 0 Å². The topological polar surface area (TPSA) is 97.3 Å². The van der Waals surface area contributed by atoms with Gasteiger partial charge in [0.2, 0.25) is 0 Å². The molecule has 0 aliphatic carbocycles. The predicted molar refractivity (Wildman–Crippen MR) is 117 cm³/mol. The van der Waals surface area contributed by atoms with Crippen LogP contribution in [0.3, 0.4) is 0 Å². The minimum Gasteiger partial charge on any atom is -0.493 e. The molecule has 9 heteroatoms. The number of ether oxygens (including phenoxy) is 2. The molecular weight excluding hydrogens is 400 g/mol. The Morgan fingerprint density at radius 2 is 1.87 bits per heavy atom. The van der Waals surface area contributed by atoms with Gasteiger partial charge in [-0.25, -0.2) is 14.3 Å². The summed E-state index contributed by atoms with van der Waals surface area (Å²) < 4.78 is 14.6. The Labute approximate surface area is 178 Å². The number of aryl methyl sites for hydroxylation is 2. The van der Waals surface area contributed by atoms with Gasteiger partial charge < -0.3 is 14.0 Å². The molecule has 0 saturated heterocycles. The first-order chi connectivity index (χ1) is 14.9. The number of carbonyl (C=O) groups excluding carboxylic acids is 1. The summed E-state index contributed by atoms with van der Waals surface area (Å²) in [7, 11) is 4.75. The zero-order valence-corrected chi connectivity index (χ0v) is 18.0. The summed E-state index contributed by atoms with van der Waals surface area (Å²) in [5.41, 5.74) is -0.0139. The van der Waals surface area contributed by atoms with E-state index in [4.69, 9.17) is 15.9 Å². The van der Waals surface area contributed by atoms with Crippen LogP contribution in [0.15, 0.2) is 27.8 Å². The molecular formula is C22H24N4O5. The highest BCUT2D eigenvalue weighted by molar-refractivity contribution is 5.79. The Hall–Kier alpha value is -3.80. The van der Waals surface area contributed by atoms with Crippen LogP contribution in [0.25, 0.3) is 22.6 Å². The van der Waals surface area contributed by atoms with Crippen LogP contribution in [0, 0.1) is 12.3 Å². The molecule has 1 aromatic carbocycles. The molecule has 0 aliphatic heterocycles. The van der Waals surface area contributed by atoms with Gasteiger partial charge in [0, 0.05) is 32.0 Å². The van der Waals surface area contributed by atoms with Crippen molar-refractivity contribution in [3.8, 4) is 35.2 Å². The second-order valence-corrected chi connectivity index (χ2v) is 6.91. The summed E-state index contributed by atoms with van der Waals surface area (Å²) in [5, 5.41) is 0. The minimum absolute atomic E-state index is 0.00537. The van der Waals surface area contributed by atoms with Gasteiger partial charge in [0.05, 0.1) is 20.8 Å². The van der Waals surface area contributed by atoms with Crippen molar-refractivity contribution in [1.82, 2.24) is 18.7 Å². The van der Waals surface area contributed by atoms with Crippen molar-refractivity contribution < 1.29 is 14.3 Å². The van der Waals surface area contributed by atoms with Crippen LogP contribution in [-0.2, 0) is 24.9 Å². The zero-order valence-electron chi connectivity index (χ0n) is 18.0. The van der Waals surface area contributed by atoms with E-state index in [-0.39, 0.29) is 36.5 Å². The molecule has 0 atom stereocenters. The van der Waals surface area contributed by atoms with Crippen molar-refractivity contribution >= 4 is 16.9 Å². The summed E-state index contributed by atoms with van der Waals surface area (Å²) in [6.07, 6.45) is 5.89. The Balaban J connectivity index is 2.30. The Bertz CT molecular complexity index is 1310. The number of ketones is 1. The third kappa shape index (κ3) is 3.84. The van der Waals surface area contributed by atoms with E-state index in [0.717, 1.165) is 4.57 Å². The predicted octanol–water partition coefficient (Wildman–Crippen LogP) is 1.58. The molecule has 0 bridgehead atoms. The number of terminal acetylenes is 1. The first-order valence-electron chi connectivity index (χ1n) is 9.75. The van der Waals surface area contributed by atoms with Crippen LogP contribution in [-0.4, -0.2) is 38.7 Å². The molecule has 3 rings (SSSR count). The quantitative estimate of drug-likeness (QED) is 0.510. The zero-order chi connectivity index (χ0) is 22.7. The number of benzene rings is 1. The number of nitrogens with zero attached hydrogens (tertiary/aromatic N) is 4. The Morgan fingerprint density at radius 1 is 1.16 bits per heavy atom. The largest absolute Gasteiger partial charge is 0.493 e. The number of methoxy groups -OCH3 is 2. The lowest BCUT2D eigenvalue weighted by Crippen LogP contribution is -2.40. The molecule has 0 amide bonds. The van der Waals surface area contributed by atoms with Gasteiger partial charge in [-0.15, -0.1) is 6.42 Å². The summed E-state index contributed by atoms with van der Waals surface area (Å²) in [6, 6.07) is 5.26. The van der Waals surface area contributed by atoms with Crippen LogP contribution in [0.1, 0.15) is 19.8 Å². The third-order valence-corrected chi connectivity index (χ3v) is 5.14. The first kappa shape index (κ1) is 21.9. The van der Waals surface area contributed by atoms with E-state index in [0.29, 0.717) is 29.3 Å². The molecule has 9 nitrogen and oxygen atoms in total. The average molecular weight is 424 g/mol. The lowest BCUT2D eigenvalue weighted by atomic mass is 10.2. The number of rotatable bonds is 8. The fraction of sp³-hybridized carbons (Fsp3) is 0.364. The molecule has 0 radical (unpaired) electrons. The van der Waals surface area contributed by atoms with E-state index < -0.39 is 11.2 Å². The number of aromatic nitrogens is 4. The fourth-order valence-corrected chi connectivity index (χ4v) is 3.44. The monoisotopic (exact) mass is 424 g/mol. The van der Waals surface area contributed by atoms with Gasteiger partial charge in [-0.05, 0) is 18.2 Å². The van der Waals surface area contributed by atoms with Gasteiger partial charge in [0.25, 0.3) is 5.56 Å².